The van der Waals surface area contributed by atoms with Gasteiger partial charge in [0.1, 0.15) is 17.4 Å². The molecule has 24 heavy (non-hydrogen) atoms. The monoisotopic (exact) mass is 341 g/mol. The molecule has 6 heteroatoms. The fourth-order valence-corrected chi connectivity index (χ4v) is 2.09. The maximum Gasteiger partial charge on any atom is 0.267 e. The standard InChI is InChI=1S/C18H16ClN3O2/c1-24-17-5-3-2-4-16(17)22-18(23)14(10-20)12-21-11-13-6-8-15(19)9-7-13/h2-9,12,21H,11H2,1H3,(H,22,23)/b14-12-. The number of halogens is 1. The number of amides is 1. The molecule has 0 aromatic heterocycles. The predicted molar refractivity (Wildman–Crippen MR) is 93.6 cm³/mol. The smallest absolute Gasteiger partial charge is 0.267 e. The molecule has 0 saturated heterocycles. The van der Waals surface area contributed by atoms with Crippen LogP contribution in [0.4, 0.5) is 5.69 Å². The molecule has 0 aliphatic carbocycles. The Kier molecular flexibility index (Phi) is 6.23. The van der Waals surface area contributed by atoms with Gasteiger partial charge in [-0.3, -0.25) is 4.79 Å². The predicted octanol–water partition coefficient (Wildman–Crippen LogP) is 3.48. The van der Waals surface area contributed by atoms with Crippen molar-refractivity contribution in [2.24, 2.45) is 0 Å². The van der Waals surface area contributed by atoms with Crippen LogP contribution in [0.1, 0.15) is 5.56 Å². The number of nitrogens with one attached hydrogen (secondary N) is 2. The van der Waals surface area contributed by atoms with Crippen LogP contribution in [0.15, 0.2) is 60.3 Å². The summed E-state index contributed by atoms with van der Waals surface area (Å²) >= 11 is 5.82. The van der Waals surface area contributed by atoms with Crippen LogP contribution in [0.5, 0.6) is 5.75 Å². The molecule has 2 N–H and O–H groups in total. The molecule has 0 bridgehead atoms. The van der Waals surface area contributed by atoms with Gasteiger partial charge in [0, 0.05) is 17.8 Å². The van der Waals surface area contributed by atoms with E-state index < -0.39 is 5.91 Å². The Morgan fingerprint density at radius 3 is 2.62 bits per heavy atom. The van der Waals surface area contributed by atoms with Crippen LogP contribution in [0.25, 0.3) is 0 Å². The third-order valence-electron chi connectivity index (χ3n) is 3.19. The zero-order valence-electron chi connectivity index (χ0n) is 13.0. The first-order valence-corrected chi connectivity index (χ1v) is 7.54. The van der Waals surface area contributed by atoms with E-state index in [1.165, 1.54) is 13.3 Å². The van der Waals surface area contributed by atoms with E-state index in [9.17, 15) is 4.79 Å². The summed E-state index contributed by atoms with van der Waals surface area (Å²) < 4.78 is 5.16. The lowest BCUT2D eigenvalue weighted by molar-refractivity contribution is -0.112. The number of carbonyl (C=O) groups excluding carboxylic acids is 1. The SMILES string of the molecule is COc1ccccc1NC(=O)/C(C#N)=C\NCc1ccc(Cl)cc1. The van der Waals surface area contributed by atoms with E-state index in [-0.39, 0.29) is 5.57 Å². The Morgan fingerprint density at radius 1 is 1.25 bits per heavy atom. The quantitative estimate of drug-likeness (QED) is 0.623. The van der Waals surface area contributed by atoms with Crippen molar-refractivity contribution >= 4 is 23.2 Å². The van der Waals surface area contributed by atoms with Crippen molar-refractivity contribution in [2.75, 3.05) is 12.4 Å². The second-order valence-electron chi connectivity index (χ2n) is 4.83. The Morgan fingerprint density at radius 2 is 1.96 bits per heavy atom. The number of hydrogen-bond acceptors (Lipinski definition) is 4. The minimum Gasteiger partial charge on any atom is -0.495 e. The van der Waals surface area contributed by atoms with E-state index in [0.29, 0.717) is 23.0 Å². The number of rotatable bonds is 6. The molecule has 2 rings (SSSR count). The molecule has 0 heterocycles. The van der Waals surface area contributed by atoms with Gasteiger partial charge < -0.3 is 15.4 Å². The number of anilines is 1. The maximum absolute atomic E-state index is 12.2. The van der Waals surface area contributed by atoms with Gasteiger partial charge in [-0.25, -0.2) is 0 Å². The van der Waals surface area contributed by atoms with E-state index in [1.807, 2.05) is 18.2 Å². The fourth-order valence-electron chi connectivity index (χ4n) is 1.96. The van der Waals surface area contributed by atoms with Crippen LogP contribution in [0.3, 0.4) is 0 Å². The number of carbonyl (C=O) groups is 1. The number of methoxy groups -OCH3 is 1. The highest BCUT2D eigenvalue weighted by atomic mass is 35.5. The van der Waals surface area contributed by atoms with Gasteiger partial charge in [0.2, 0.25) is 0 Å². The van der Waals surface area contributed by atoms with Gasteiger partial charge in [-0.15, -0.1) is 0 Å². The molecule has 122 valence electrons. The van der Waals surface area contributed by atoms with Gasteiger partial charge in [-0.1, -0.05) is 35.9 Å². The van der Waals surface area contributed by atoms with Crippen LogP contribution in [0, 0.1) is 11.3 Å². The van der Waals surface area contributed by atoms with Crippen molar-refractivity contribution in [1.82, 2.24) is 5.32 Å². The minimum atomic E-state index is -0.509. The summed E-state index contributed by atoms with van der Waals surface area (Å²) in [5.41, 5.74) is 1.46. The van der Waals surface area contributed by atoms with Gasteiger partial charge in [0.05, 0.1) is 12.8 Å². The van der Waals surface area contributed by atoms with Gasteiger partial charge in [-0.05, 0) is 29.8 Å². The topological polar surface area (TPSA) is 74.1 Å². The highest BCUT2D eigenvalue weighted by Crippen LogP contribution is 2.23. The third-order valence-corrected chi connectivity index (χ3v) is 3.44. The van der Waals surface area contributed by atoms with Crippen LogP contribution in [-0.2, 0) is 11.3 Å². The fraction of sp³-hybridized carbons (Fsp3) is 0.111. The molecule has 1 amide bonds. The van der Waals surface area contributed by atoms with Gasteiger partial charge in [0.25, 0.3) is 5.91 Å². The second-order valence-corrected chi connectivity index (χ2v) is 5.27. The average molecular weight is 342 g/mol. The van der Waals surface area contributed by atoms with E-state index in [4.69, 9.17) is 21.6 Å². The Labute approximate surface area is 145 Å². The van der Waals surface area contributed by atoms with E-state index in [1.54, 1.807) is 36.4 Å². The van der Waals surface area contributed by atoms with Crippen molar-refractivity contribution in [3.05, 3.63) is 70.9 Å². The first-order chi connectivity index (χ1) is 11.6. The number of nitrogens with zero attached hydrogens (tertiary/aromatic N) is 1. The number of hydrogen-bond donors (Lipinski definition) is 2. The zero-order valence-corrected chi connectivity index (χ0v) is 13.8. The van der Waals surface area contributed by atoms with Crippen molar-refractivity contribution < 1.29 is 9.53 Å². The Hall–Kier alpha value is -2.97. The normalized spacial score (nSPS) is 10.6. The summed E-state index contributed by atoms with van der Waals surface area (Å²) in [5, 5.41) is 15.4. The average Bonchev–Trinajstić information content (AvgIpc) is 2.60. The van der Waals surface area contributed by atoms with Crippen LogP contribution >= 0.6 is 11.6 Å². The summed E-state index contributed by atoms with van der Waals surface area (Å²) in [6.45, 7) is 0.476. The molecule has 0 aliphatic rings. The number of benzene rings is 2. The Balaban J connectivity index is 2.00. The molecule has 5 nitrogen and oxygen atoms in total. The summed E-state index contributed by atoms with van der Waals surface area (Å²) in [4.78, 5) is 12.2. The molecule has 0 fully saturated rings. The molecule has 2 aromatic rings. The lowest BCUT2D eigenvalue weighted by Gasteiger charge is -2.09. The highest BCUT2D eigenvalue weighted by Gasteiger charge is 2.11. The first kappa shape index (κ1) is 17.4. The van der Waals surface area contributed by atoms with E-state index in [2.05, 4.69) is 10.6 Å². The zero-order chi connectivity index (χ0) is 17.4. The molecule has 0 saturated carbocycles. The Bertz CT molecular complexity index is 780. The van der Waals surface area contributed by atoms with Crippen LogP contribution < -0.4 is 15.4 Å². The lowest BCUT2D eigenvalue weighted by atomic mass is 10.2. The third kappa shape index (κ3) is 4.77. The summed E-state index contributed by atoms with van der Waals surface area (Å²) in [7, 11) is 1.51. The molecule has 0 spiro atoms. The molecule has 2 aromatic carbocycles. The lowest BCUT2D eigenvalue weighted by Crippen LogP contribution is -2.17. The van der Waals surface area contributed by atoms with E-state index >= 15 is 0 Å². The van der Waals surface area contributed by atoms with E-state index in [0.717, 1.165) is 5.56 Å². The molecule has 0 unspecified atom stereocenters. The van der Waals surface area contributed by atoms with Crippen LogP contribution in [0.2, 0.25) is 5.02 Å². The first-order valence-electron chi connectivity index (χ1n) is 7.16. The van der Waals surface area contributed by atoms with Crippen molar-refractivity contribution in [3.63, 3.8) is 0 Å². The largest absolute Gasteiger partial charge is 0.495 e. The molecular formula is C18H16ClN3O2. The molecule has 0 aliphatic heterocycles. The van der Waals surface area contributed by atoms with Crippen LogP contribution in [-0.4, -0.2) is 13.0 Å². The summed E-state index contributed by atoms with van der Waals surface area (Å²) in [6.07, 6.45) is 1.39. The molecular weight excluding hydrogens is 326 g/mol. The van der Waals surface area contributed by atoms with Gasteiger partial charge in [0.15, 0.2) is 0 Å². The maximum atomic E-state index is 12.2. The minimum absolute atomic E-state index is 0.0325. The summed E-state index contributed by atoms with van der Waals surface area (Å²) in [5.74, 6) is 0.0165. The number of para-hydroxylation sites is 2. The molecule has 0 radical (unpaired) electrons. The summed E-state index contributed by atoms with van der Waals surface area (Å²) in [6, 6.07) is 16.2. The van der Waals surface area contributed by atoms with Crippen molar-refractivity contribution in [2.45, 2.75) is 6.54 Å². The second kappa shape index (κ2) is 8.61. The highest BCUT2D eigenvalue weighted by molar-refractivity contribution is 6.30. The van der Waals surface area contributed by atoms with Crippen molar-refractivity contribution in [1.29, 1.82) is 5.26 Å². The number of nitriles is 1. The van der Waals surface area contributed by atoms with Crippen molar-refractivity contribution in [3.8, 4) is 11.8 Å². The molecule has 0 atom stereocenters. The van der Waals surface area contributed by atoms with Gasteiger partial charge in [-0.2, -0.15) is 5.26 Å². The van der Waals surface area contributed by atoms with Gasteiger partial charge >= 0.3 is 0 Å². The number of ether oxygens (including phenoxy) is 1.